The lowest BCUT2D eigenvalue weighted by Crippen LogP contribution is -2.30. The molecule has 1 atom stereocenters. The summed E-state index contributed by atoms with van der Waals surface area (Å²) in [6.07, 6.45) is 3.67. The second-order valence-electron chi connectivity index (χ2n) is 3.95. The van der Waals surface area contributed by atoms with Crippen molar-refractivity contribution in [2.75, 3.05) is 14.2 Å². The molecule has 0 bridgehead atoms. The molecule has 0 fully saturated rings. The number of carbonyl (C=O) groups is 1. The van der Waals surface area contributed by atoms with Gasteiger partial charge in [-0.25, -0.2) is 5.06 Å². The minimum absolute atomic E-state index is 0.000916. The Morgan fingerprint density at radius 1 is 1.47 bits per heavy atom. The Balaban J connectivity index is 3.69. The van der Waals surface area contributed by atoms with E-state index in [1.807, 2.05) is 13.8 Å². The molecule has 0 aromatic heterocycles. The molecular weight excluding hydrogens is 192 g/mol. The van der Waals surface area contributed by atoms with E-state index < -0.39 is 0 Å². The SMILES string of the molecule is CON(C)C(=O)[C@@H](C)CCCCC(C)=N. The lowest BCUT2D eigenvalue weighted by Gasteiger charge is -2.18. The molecule has 0 saturated carbocycles. The Hall–Kier alpha value is -0.900. The van der Waals surface area contributed by atoms with E-state index in [2.05, 4.69) is 0 Å². The number of nitrogens with one attached hydrogen (secondary N) is 1. The van der Waals surface area contributed by atoms with Crippen LogP contribution in [0, 0.1) is 11.3 Å². The molecule has 0 aromatic rings. The maximum Gasteiger partial charge on any atom is 0.248 e. The molecule has 0 heterocycles. The summed E-state index contributed by atoms with van der Waals surface area (Å²) in [6, 6.07) is 0. The molecule has 0 aliphatic carbocycles. The molecule has 4 heteroatoms. The van der Waals surface area contributed by atoms with E-state index in [9.17, 15) is 4.79 Å². The van der Waals surface area contributed by atoms with Crippen molar-refractivity contribution in [3.63, 3.8) is 0 Å². The van der Waals surface area contributed by atoms with Gasteiger partial charge < -0.3 is 5.41 Å². The van der Waals surface area contributed by atoms with Gasteiger partial charge >= 0.3 is 0 Å². The van der Waals surface area contributed by atoms with Crippen LogP contribution < -0.4 is 0 Å². The van der Waals surface area contributed by atoms with Crippen molar-refractivity contribution < 1.29 is 9.63 Å². The van der Waals surface area contributed by atoms with Gasteiger partial charge in [-0.2, -0.15) is 0 Å². The summed E-state index contributed by atoms with van der Waals surface area (Å²) < 4.78 is 0. The topological polar surface area (TPSA) is 53.4 Å². The largest absolute Gasteiger partial charge is 0.310 e. The third-order valence-electron chi connectivity index (χ3n) is 2.44. The average Bonchev–Trinajstić information content (AvgIpc) is 2.21. The highest BCUT2D eigenvalue weighted by atomic mass is 16.7. The minimum Gasteiger partial charge on any atom is -0.310 e. The van der Waals surface area contributed by atoms with Gasteiger partial charge in [0.1, 0.15) is 0 Å². The van der Waals surface area contributed by atoms with Crippen molar-refractivity contribution in [3.05, 3.63) is 0 Å². The number of rotatable bonds is 7. The zero-order valence-electron chi connectivity index (χ0n) is 10.2. The molecule has 0 rings (SSSR count). The van der Waals surface area contributed by atoms with Crippen LogP contribution in [0.1, 0.15) is 39.5 Å². The minimum atomic E-state index is 0.000916. The number of hydrogen-bond donors (Lipinski definition) is 1. The summed E-state index contributed by atoms with van der Waals surface area (Å²) >= 11 is 0. The molecule has 0 aromatic carbocycles. The summed E-state index contributed by atoms with van der Waals surface area (Å²) in [4.78, 5) is 16.4. The first-order valence-corrected chi connectivity index (χ1v) is 5.34. The number of unbranched alkanes of at least 4 members (excludes halogenated alkanes) is 1. The van der Waals surface area contributed by atoms with E-state index in [4.69, 9.17) is 10.2 Å². The van der Waals surface area contributed by atoms with Gasteiger partial charge in [-0.15, -0.1) is 0 Å². The molecule has 1 amide bonds. The molecule has 4 nitrogen and oxygen atoms in total. The van der Waals surface area contributed by atoms with Crippen LogP contribution in [0.2, 0.25) is 0 Å². The second-order valence-corrected chi connectivity index (χ2v) is 3.95. The summed E-state index contributed by atoms with van der Waals surface area (Å²) in [5.74, 6) is 0.0186. The van der Waals surface area contributed by atoms with E-state index >= 15 is 0 Å². The number of carbonyl (C=O) groups excluding carboxylic acids is 1. The Morgan fingerprint density at radius 2 is 2.07 bits per heavy atom. The van der Waals surface area contributed by atoms with Crippen molar-refractivity contribution in [1.82, 2.24) is 5.06 Å². The maximum atomic E-state index is 11.6. The van der Waals surface area contributed by atoms with Crippen molar-refractivity contribution >= 4 is 11.6 Å². The van der Waals surface area contributed by atoms with Crippen molar-refractivity contribution in [2.24, 2.45) is 5.92 Å². The molecule has 88 valence electrons. The van der Waals surface area contributed by atoms with Gasteiger partial charge in [0.15, 0.2) is 0 Å². The van der Waals surface area contributed by atoms with Crippen LogP contribution in [-0.2, 0) is 9.63 Å². The van der Waals surface area contributed by atoms with Gasteiger partial charge in [0.2, 0.25) is 5.91 Å². The highest BCUT2D eigenvalue weighted by Crippen LogP contribution is 2.12. The van der Waals surface area contributed by atoms with Crippen LogP contribution in [0.5, 0.6) is 0 Å². The van der Waals surface area contributed by atoms with Gasteiger partial charge in [-0.3, -0.25) is 9.63 Å². The molecule has 0 aliphatic rings. The van der Waals surface area contributed by atoms with Crippen LogP contribution >= 0.6 is 0 Å². The normalized spacial score (nSPS) is 12.3. The van der Waals surface area contributed by atoms with Gasteiger partial charge in [0, 0.05) is 18.7 Å². The zero-order chi connectivity index (χ0) is 11.8. The predicted octanol–water partition coefficient (Wildman–Crippen LogP) is 2.24. The van der Waals surface area contributed by atoms with Gasteiger partial charge in [0.05, 0.1) is 7.11 Å². The standard InChI is InChI=1S/C11H22N2O2/c1-9(11(14)13(3)15-4)7-5-6-8-10(2)12/h9,12H,5-8H2,1-4H3/t9-/m0/s1. The van der Waals surface area contributed by atoms with Gasteiger partial charge in [-0.1, -0.05) is 13.3 Å². The van der Waals surface area contributed by atoms with E-state index in [1.165, 1.54) is 12.2 Å². The highest BCUT2D eigenvalue weighted by Gasteiger charge is 2.16. The number of nitrogens with zero attached hydrogens (tertiary/aromatic N) is 1. The molecular formula is C11H22N2O2. The summed E-state index contributed by atoms with van der Waals surface area (Å²) in [6.45, 7) is 3.72. The third-order valence-corrected chi connectivity index (χ3v) is 2.44. The molecule has 0 radical (unpaired) electrons. The molecule has 0 unspecified atom stereocenters. The monoisotopic (exact) mass is 214 g/mol. The molecule has 1 N–H and O–H groups in total. The smallest absolute Gasteiger partial charge is 0.248 e. The first kappa shape index (κ1) is 14.1. The molecule has 15 heavy (non-hydrogen) atoms. The van der Waals surface area contributed by atoms with Gasteiger partial charge in [0.25, 0.3) is 0 Å². The molecule has 0 saturated heterocycles. The van der Waals surface area contributed by atoms with Crippen LogP contribution in [0.4, 0.5) is 0 Å². The van der Waals surface area contributed by atoms with Crippen molar-refractivity contribution in [3.8, 4) is 0 Å². The number of amides is 1. The van der Waals surface area contributed by atoms with Crippen LogP contribution in [-0.4, -0.2) is 30.8 Å². The highest BCUT2D eigenvalue weighted by molar-refractivity contribution is 5.78. The van der Waals surface area contributed by atoms with E-state index in [0.29, 0.717) is 5.71 Å². The Labute approximate surface area is 92.1 Å². The quantitative estimate of drug-likeness (QED) is 0.401. The first-order chi connectivity index (χ1) is 6.99. The predicted molar refractivity (Wildman–Crippen MR) is 60.8 cm³/mol. The summed E-state index contributed by atoms with van der Waals surface area (Å²) in [7, 11) is 3.11. The number of hydrogen-bond acceptors (Lipinski definition) is 3. The number of hydroxylamine groups is 2. The second kappa shape index (κ2) is 7.40. The Bertz CT molecular complexity index is 217. The summed E-state index contributed by atoms with van der Waals surface area (Å²) in [5, 5.41) is 8.54. The van der Waals surface area contributed by atoms with E-state index in [1.54, 1.807) is 7.05 Å². The Kier molecular flexibility index (Phi) is 6.96. The third kappa shape index (κ3) is 6.23. The van der Waals surface area contributed by atoms with Crippen molar-refractivity contribution in [1.29, 1.82) is 5.41 Å². The van der Waals surface area contributed by atoms with E-state index in [0.717, 1.165) is 25.7 Å². The fourth-order valence-electron chi connectivity index (χ4n) is 1.36. The fraction of sp³-hybridized carbons (Fsp3) is 0.818. The molecule has 0 spiro atoms. The Morgan fingerprint density at radius 3 is 2.53 bits per heavy atom. The maximum absolute atomic E-state index is 11.6. The van der Waals surface area contributed by atoms with Gasteiger partial charge in [-0.05, 0) is 26.2 Å². The van der Waals surface area contributed by atoms with Crippen LogP contribution in [0.3, 0.4) is 0 Å². The van der Waals surface area contributed by atoms with E-state index in [-0.39, 0.29) is 11.8 Å². The molecule has 0 aliphatic heterocycles. The van der Waals surface area contributed by atoms with Crippen molar-refractivity contribution in [2.45, 2.75) is 39.5 Å². The fourth-order valence-corrected chi connectivity index (χ4v) is 1.36. The zero-order valence-corrected chi connectivity index (χ0v) is 10.2. The van der Waals surface area contributed by atoms with Crippen LogP contribution in [0.25, 0.3) is 0 Å². The lowest BCUT2D eigenvalue weighted by molar-refractivity contribution is -0.173. The lowest BCUT2D eigenvalue weighted by atomic mass is 10.0. The summed E-state index contributed by atoms with van der Waals surface area (Å²) in [5.41, 5.74) is 0.711. The van der Waals surface area contributed by atoms with Crippen LogP contribution in [0.15, 0.2) is 0 Å². The average molecular weight is 214 g/mol. The first-order valence-electron chi connectivity index (χ1n) is 5.34.